The number of likely N-dealkylation sites (N-methyl/N-ethyl adjacent to an activating group) is 1. The molecule has 1 aromatic rings. The van der Waals surface area contributed by atoms with Crippen LogP contribution in [0.25, 0.3) is 0 Å². The average Bonchev–Trinajstić information content (AvgIpc) is 2.71. The van der Waals surface area contributed by atoms with Crippen LogP contribution in [0.2, 0.25) is 0 Å². The number of aromatic hydroxyl groups is 1. The predicted octanol–water partition coefficient (Wildman–Crippen LogP) is 1.67. The Morgan fingerprint density at radius 2 is 2.32 bits per heavy atom. The molecule has 0 fully saturated rings. The van der Waals surface area contributed by atoms with Crippen LogP contribution in [0.5, 0.6) is 5.75 Å². The Bertz CT molecular complexity index is 531. The molecule has 0 bridgehead atoms. The molecule has 1 aromatic carbocycles. The second kappa shape index (κ2) is 5.77. The minimum absolute atomic E-state index is 0.106. The van der Waals surface area contributed by atoms with Gasteiger partial charge < -0.3 is 15.2 Å². The van der Waals surface area contributed by atoms with Crippen LogP contribution in [-0.2, 0) is 9.53 Å². The van der Waals surface area contributed by atoms with E-state index in [0.717, 1.165) is 3.57 Å². The molecule has 5 nitrogen and oxygen atoms in total. The molecule has 6 heteroatoms. The molecule has 0 saturated carbocycles. The first-order valence-electron chi connectivity index (χ1n) is 6.04. The molecule has 0 aromatic heterocycles. The summed E-state index contributed by atoms with van der Waals surface area (Å²) >= 11 is 2.11. The van der Waals surface area contributed by atoms with Crippen LogP contribution < -0.4 is 5.32 Å². The molecular formula is C13H15IN2O3. The zero-order valence-corrected chi connectivity index (χ0v) is 12.8. The summed E-state index contributed by atoms with van der Waals surface area (Å²) in [4.78, 5) is 16.1. The van der Waals surface area contributed by atoms with Crippen LogP contribution in [-0.4, -0.2) is 35.6 Å². The number of hydrogen-bond acceptors (Lipinski definition) is 4. The molecule has 2 N–H and O–H groups in total. The van der Waals surface area contributed by atoms with Gasteiger partial charge >= 0.3 is 0 Å². The largest absolute Gasteiger partial charge is 0.507 e. The number of nitrogens with zero attached hydrogens (tertiary/aromatic N) is 1. The molecule has 0 radical (unpaired) electrons. The predicted molar refractivity (Wildman–Crippen MR) is 80.4 cm³/mol. The van der Waals surface area contributed by atoms with E-state index >= 15 is 0 Å². The SMILES string of the molecule is CCNC(=O)[C@@H]1N=C(c2ccc(I)cc2O)O[C@H]1C. The lowest BCUT2D eigenvalue weighted by molar-refractivity contribution is -0.123. The van der Waals surface area contributed by atoms with E-state index in [1.165, 1.54) is 0 Å². The first kappa shape index (κ1) is 14.1. The van der Waals surface area contributed by atoms with Gasteiger partial charge in [-0.15, -0.1) is 0 Å². The smallest absolute Gasteiger partial charge is 0.248 e. The van der Waals surface area contributed by atoms with E-state index in [9.17, 15) is 9.90 Å². The number of halogens is 1. The molecule has 0 aliphatic carbocycles. The van der Waals surface area contributed by atoms with E-state index in [1.54, 1.807) is 19.1 Å². The molecule has 1 aliphatic heterocycles. The lowest BCUT2D eigenvalue weighted by atomic mass is 10.2. The van der Waals surface area contributed by atoms with Crippen LogP contribution in [0.1, 0.15) is 19.4 Å². The van der Waals surface area contributed by atoms with Crippen LogP contribution in [0.3, 0.4) is 0 Å². The maximum atomic E-state index is 11.8. The molecule has 0 saturated heterocycles. The second-order valence-electron chi connectivity index (χ2n) is 4.26. The molecule has 2 rings (SSSR count). The van der Waals surface area contributed by atoms with Crippen molar-refractivity contribution in [3.63, 3.8) is 0 Å². The Balaban J connectivity index is 2.26. The summed E-state index contributed by atoms with van der Waals surface area (Å²) in [5, 5.41) is 12.6. The van der Waals surface area contributed by atoms with Crippen molar-refractivity contribution in [1.82, 2.24) is 5.32 Å². The summed E-state index contributed by atoms with van der Waals surface area (Å²) in [6.07, 6.45) is -0.333. The maximum absolute atomic E-state index is 11.8. The quantitative estimate of drug-likeness (QED) is 0.791. The summed E-state index contributed by atoms with van der Waals surface area (Å²) in [7, 11) is 0. The number of amides is 1. The van der Waals surface area contributed by atoms with Crippen LogP contribution in [0.4, 0.5) is 0 Å². The number of aliphatic imine (C=N–C) groups is 1. The molecule has 19 heavy (non-hydrogen) atoms. The van der Waals surface area contributed by atoms with E-state index in [2.05, 4.69) is 32.9 Å². The average molecular weight is 374 g/mol. The normalized spacial score (nSPS) is 21.7. The highest BCUT2D eigenvalue weighted by Gasteiger charge is 2.34. The first-order chi connectivity index (χ1) is 9.02. The summed E-state index contributed by atoms with van der Waals surface area (Å²) in [6, 6.07) is 4.66. The van der Waals surface area contributed by atoms with Gasteiger partial charge in [0.15, 0.2) is 6.04 Å². The monoisotopic (exact) mass is 374 g/mol. The van der Waals surface area contributed by atoms with Gasteiger partial charge in [-0.1, -0.05) is 0 Å². The lowest BCUT2D eigenvalue weighted by Crippen LogP contribution is -2.38. The van der Waals surface area contributed by atoms with Gasteiger partial charge in [-0.3, -0.25) is 4.79 Å². The topological polar surface area (TPSA) is 70.9 Å². The van der Waals surface area contributed by atoms with E-state index in [-0.39, 0.29) is 17.8 Å². The third kappa shape index (κ3) is 2.99. The number of phenolic OH excluding ortho intramolecular Hbond substituents is 1. The molecule has 102 valence electrons. The standard InChI is InChI=1S/C13H15IN2O3/c1-3-15-12(18)11-7(2)19-13(16-11)9-5-4-8(14)6-10(9)17/h4-7,11,17H,3H2,1-2H3,(H,15,18)/t7-,11+/m0/s1. The highest BCUT2D eigenvalue weighted by atomic mass is 127. The number of ether oxygens (including phenoxy) is 1. The number of phenols is 1. The molecular weight excluding hydrogens is 359 g/mol. The van der Waals surface area contributed by atoms with Crippen molar-refractivity contribution >= 4 is 34.4 Å². The van der Waals surface area contributed by atoms with E-state index < -0.39 is 6.04 Å². The molecule has 1 aliphatic rings. The van der Waals surface area contributed by atoms with Crippen molar-refractivity contribution in [3.05, 3.63) is 27.3 Å². The zero-order chi connectivity index (χ0) is 14.0. The number of rotatable bonds is 3. The van der Waals surface area contributed by atoms with Gasteiger partial charge in [0.2, 0.25) is 11.8 Å². The minimum atomic E-state index is -0.561. The molecule has 0 spiro atoms. The van der Waals surface area contributed by atoms with Gasteiger partial charge in [-0.2, -0.15) is 0 Å². The Morgan fingerprint density at radius 1 is 1.58 bits per heavy atom. The number of benzene rings is 1. The molecule has 0 unspecified atom stereocenters. The van der Waals surface area contributed by atoms with Gasteiger partial charge in [0.1, 0.15) is 11.9 Å². The van der Waals surface area contributed by atoms with E-state index in [4.69, 9.17) is 4.74 Å². The molecule has 2 atom stereocenters. The lowest BCUT2D eigenvalue weighted by Gasteiger charge is -2.12. The Morgan fingerprint density at radius 3 is 2.95 bits per heavy atom. The van der Waals surface area contributed by atoms with Gasteiger partial charge in [0.05, 0.1) is 5.56 Å². The Labute approximate surface area is 125 Å². The van der Waals surface area contributed by atoms with Crippen molar-refractivity contribution in [1.29, 1.82) is 0 Å². The van der Waals surface area contributed by atoms with Crippen molar-refractivity contribution in [3.8, 4) is 5.75 Å². The third-order valence-electron chi connectivity index (χ3n) is 2.81. The summed E-state index contributed by atoms with van der Waals surface area (Å²) < 4.78 is 6.50. The maximum Gasteiger partial charge on any atom is 0.248 e. The van der Waals surface area contributed by atoms with Gasteiger partial charge in [-0.05, 0) is 54.6 Å². The fourth-order valence-electron chi connectivity index (χ4n) is 1.87. The Hall–Kier alpha value is -1.31. The third-order valence-corrected chi connectivity index (χ3v) is 3.48. The van der Waals surface area contributed by atoms with Crippen molar-refractivity contribution < 1.29 is 14.6 Å². The fraction of sp³-hybridized carbons (Fsp3) is 0.385. The second-order valence-corrected chi connectivity index (χ2v) is 5.50. The van der Waals surface area contributed by atoms with Gasteiger partial charge in [0.25, 0.3) is 0 Å². The van der Waals surface area contributed by atoms with E-state index in [1.807, 2.05) is 13.0 Å². The molecule has 1 heterocycles. The highest BCUT2D eigenvalue weighted by molar-refractivity contribution is 14.1. The first-order valence-corrected chi connectivity index (χ1v) is 7.12. The minimum Gasteiger partial charge on any atom is -0.507 e. The van der Waals surface area contributed by atoms with Crippen molar-refractivity contribution in [2.45, 2.75) is 26.0 Å². The van der Waals surface area contributed by atoms with E-state index in [0.29, 0.717) is 18.0 Å². The number of carbonyl (C=O) groups excluding carboxylic acids is 1. The zero-order valence-electron chi connectivity index (χ0n) is 10.7. The summed E-state index contributed by atoms with van der Waals surface area (Å²) in [5.41, 5.74) is 0.513. The van der Waals surface area contributed by atoms with Crippen molar-refractivity contribution in [2.24, 2.45) is 4.99 Å². The van der Waals surface area contributed by atoms with Gasteiger partial charge in [-0.25, -0.2) is 4.99 Å². The highest BCUT2D eigenvalue weighted by Crippen LogP contribution is 2.25. The summed E-state index contributed by atoms with van der Waals surface area (Å²) in [6.45, 7) is 4.20. The van der Waals surface area contributed by atoms with Crippen LogP contribution in [0, 0.1) is 3.57 Å². The summed E-state index contributed by atoms with van der Waals surface area (Å²) in [5.74, 6) is 0.266. The van der Waals surface area contributed by atoms with Crippen molar-refractivity contribution in [2.75, 3.05) is 6.54 Å². The molecule has 1 amide bonds. The van der Waals surface area contributed by atoms with Crippen LogP contribution >= 0.6 is 22.6 Å². The van der Waals surface area contributed by atoms with Gasteiger partial charge in [0, 0.05) is 10.1 Å². The Kier molecular flexibility index (Phi) is 4.28. The number of nitrogens with one attached hydrogen (secondary N) is 1. The number of carbonyl (C=O) groups is 1. The van der Waals surface area contributed by atoms with Crippen LogP contribution in [0.15, 0.2) is 23.2 Å². The fourth-order valence-corrected chi connectivity index (χ4v) is 2.35. The number of hydrogen-bond donors (Lipinski definition) is 2.